The van der Waals surface area contributed by atoms with Crippen LogP contribution < -0.4 is 10.2 Å². The Morgan fingerprint density at radius 3 is 2.54 bits per heavy atom. The number of benzene rings is 2. The average Bonchev–Trinajstić information content (AvgIpc) is 3.22. The second-order valence-electron chi connectivity index (χ2n) is 7.04. The number of nitrogens with one attached hydrogen (secondary N) is 1. The van der Waals surface area contributed by atoms with Gasteiger partial charge in [0.05, 0.1) is 16.3 Å². The van der Waals surface area contributed by atoms with Gasteiger partial charge in [0.1, 0.15) is 6.54 Å². The number of hydrogen-bond donors (Lipinski definition) is 1. The highest BCUT2D eigenvalue weighted by Crippen LogP contribution is 2.31. The molecule has 0 spiro atoms. The van der Waals surface area contributed by atoms with Gasteiger partial charge in [0.25, 0.3) is 5.91 Å². The number of fused-ring (bicyclic) bond motifs is 1. The van der Waals surface area contributed by atoms with Crippen LogP contribution in [0.15, 0.2) is 47.4 Å². The molecule has 0 aliphatic carbocycles. The first kappa shape index (κ1) is 18.6. The van der Waals surface area contributed by atoms with Gasteiger partial charge in [-0.25, -0.2) is 8.42 Å². The van der Waals surface area contributed by atoms with Crippen molar-refractivity contribution in [3.05, 3.63) is 53.6 Å². The van der Waals surface area contributed by atoms with Gasteiger partial charge in [-0.3, -0.25) is 14.5 Å². The van der Waals surface area contributed by atoms with Crippen LogP contribution in [0, 0.1) is 6.92 Å². The lowest BCUT2D eigenvalue weighted by Gasteiger charge is -2.29. The summed E-state index contributed by atoms with van der Waals surface area (Å²) in [6.45, 7) is 2.64. The molecule has 1 N–H and O–H groups in total. The summed E-state index contributed by atoms with van der Waals surface area (Å²) in [7, 11) is -3.63. The Morgan fingerprint density at radius 1 is 1.07 bits per heavy atom. The zero-order valence-electron chi connectivity index (χ0n) is 15.5. The normalized spacial score (nSPS) is 17.3. The number of nitrogens with zero attached hydrogens (tertiary/aromatic N) is 2. The predicted octanol–water partition coefficient (Wildman–Crippen LogP) is 2.38. The highest BCUT2D eigenvalue weighted by molar-refractivity contribution is 7.89. The third-order valence-corrected chi connectivity index (χ3v) is 7.05. The fourth-order valence-corrected chi connectivity index (χ4v) is 5.17. The standard InChI is InChI=1S/C20H21N3O4S/c1-14-8-9-15(28(26,27)22-10-4-5-11-22)12-16(14)20(25)23-13-19(24)21-17-6-2-3-7-18(17)23/h2-3,6-9,12H,4-5,10-11,13H2,1H3,(H,21,24). The lowest BCUT2D eigenvalue weighted by molar-refractivity contribution is -0.115. The van der Waals surface area contributed by atoms with E-state index in [1.165, 1.54) is 21.3 Å². The van der Waals surface area contributed by atoms with Crippen molar-refractivity contribution in [2.24, 2.45) is 0 Å². The lowest BCUT2D eigenvalue weighted by Crippen LogP contribution is -2.42. The number of aryl methyl sites for hydroxylation is 1. The summed E-state index contributed by atoms with van der Waals surface area (Å²) in [4.78, 5) is 26.8. The fourth-order valence-electron chi connectivity index (χ4n) is 3.63. The van der Waals surface area contributed by atoms with Crippen LogP contribution in [0.2, 0.25) is 0 Å². The summed E-state index contributed by atoms with van der Waals surface area (Å²) in [6.07, 6.45) is 1.69. The van der Waals surface area contributed by atoms with Crippen LogP contribution in [0.4, 0.5) is 11.4 Å². The van der Waals surface area contributed by atoms with E-state index in [9.17, 15) is 18.0 Å². The monoisotopic (exact) mass is 399 g/mol. The number of hydrogen-bond acceptors (Lipinski definition) is 4. The number of carbonyl (C=O) groups is 2. The molecule has 2 heterocycles. The third-order valence-electron chi connectivity index (χ3n) is 5.16. The van der Waals surface area contributed by atoms with E-state index in [1.54, 1.807) is 37.3 Å². The van der Waals surface area contributed by atoms with E-state index in [0.717, 1.165) is 12.8 Å². The fraction of sp³-hybridized carbons (Fsp3) is 0.300. The van der Waals surface area contributed by atoms with E-state index in [1.807, 2.05) is 0 Å². The first-order valence-electron chi connectivity index (χ1n) is 9.19. The number of amides is 2. The Kier molecular flexibility index (Phi) is 4.68. The van der Waals surface area contributed by atoms with Crippen LogP contribution in [0.5, 0.6) is 0 Å². The van der Waals surface area contributed by atoms with Gasteiger partial charge >= 0.3 is 0 Å². The number of para-hydroxylation sites is 2. The molecule has 2 aromatic rings. The van der Waals surface area contributed by atoms with Gasteiger partial charge < -0.3 is 5.32 Å². The summed E-state index contributed by atoms with van der Waals surface area (Å²) < 4.78 is 27.2. The second kappa shape index (κ2) is 7.03. The molecule has 1 fully saturated rings. The van der Waals surface area contributed by atoms with Crippen molar-refractivity contribution in [1.82, 2.24) is 4.31 Å². The zero-order chi connectivity index (χ0) is 19.9. The second-order valence-corrected chi connectivity index (χ2v) is 8.98. The quantitative estimate of drug-likeness (QED) is 0.859. The van der Waals surface area contributed by atoms with Gasteiger partial charge in [-0.05, 0) is 49.6 Å². The van der Waals surface area contributed by atoms with Crippen molar-refractivity contribution in [1.29, 1.82) is 0 Å². The highest BCUT2D eigenvalue weighted by Gasteiger charge is 2.31. The van der Waals surface area contributed by atoms with E-state index in [-0.39, 0.29) is 22.9 Å². The Balaban J connectivity index is 1.74. The predicted molar refractivity (Wildman–Crippen MR) is 106 cm³/mol. The Labute approximate surface area is 164 Å². The largest absolute Gasteiger partial charge is 0.323 e. The summed E-state index contributed by atoms with van der Waals surface area (Å²) in [5, 5.41) is 2.75. The van der Waals surface area contributed by atoms with Crippen LogP contribution in [0.3, 0.4) is 0 Å². The minimum Gasteiger partial charge on any atom is -0.323 e. The Hall–Kier alpha value is -2.71. The number of sulfonamides is 1. The summed E-state index contributed by atoms with van der Waals surface area (Å²) in [5.41, 5.74) is 2.10. The van der Waals surface area contributed by atoms with Crippen LogP contribution >= 0.6 is 0 Å². The van der Waals surface area contributed by atoms with Gasteiger partial charge in [-0.2, -0.15) is 4.31 Å². The minimum absolute atomic E-state index is 0.109. The van der Waals surface area contributed by atoms with Crippen LogP contribution in [-0.4, -0.2) is 44.2 Å². The molecule has 0 aromatic heterocycles. The highest BCUT2D eigenvalue weighted by atomic mass is 32.2. The van der Waals surface area contributed by atoms with E-state index < -0.39 is 15.9 Å². The summed E-state index contributed by atoms with van der Waals surface area (Å²) >= 11 is 0. The molecule has 0 unspecified atom stereocenters. The molecule has 146 valence electrons. The molecule has 2 aliphatic heterocycles. The molecule has 8 heteroatoms. The minimum atomic E-state index is -3.63. The van der Waals surface area contributed by atoms with Gasteiger partial charge in [0.2, 0.25) is 15.9 Å². The van der Waals surface area contributed by atoms with Crippen LogP contribution in [0.25, 0.3) is 0 Å². The van der Waals surface area contributed by atoms with Crippen LogP contribution in [-0.2, 0) is 14.8 Å². The summed E-state index contributed by atoms with van der Waals surface area (Å²) in [5.74, 6) is -0.677. The maximum absolute atomic E-state index is 13.3. The molecule has 2 amide bonds. The first-order chi connectivity index (χ1) is 13.4. The molecule has 0 atom stereocenters. The van der Waals surface area contributed by atoms with Crippen molar-refractivity contribution in [2.45, 2.75) is 24.7 Å². The van der Waals surface area contributed by atoms with Crippen molar-refractivity contribution in [3.63, 3.8) is 0 Å². The SMILES string of the molecule is Cc1ccc(S(=O)(=O)N2CCCC2)cc1C(=O)N1CC(=O)Nc2ccccc21. The summed E-state index contributed by atoms with van der Waals surface area (Å²) in [6, 6.07) is 11.7. The Morgan fingerprint density at radius 2 is 1.79 bits per heavy atom. The van der Waals surface area contributed by atoms with E-state index in [2.05, 4.69) is 5.32 Å². The first-order valence-corrected chi connectivity index (χ1v) is 10.6. The maximum Gasteiger partial charge on any atom is 0.259 e. The molecule has 0 radical (unpaired) electrons. The van der Waals surface area contributed by atoms with E-state index >= 15 is 0 Å². The van der Waals surface area contributed by atoms with Gasteiger partial charge in [-0.15, -0.1) is 0 Å². The number of anilines is 2. The molecular formula is C20H21N3O4S. The van der Waals surface area contributed by atoms with Gasteiger partial charge in [0.15, 0.2) is 0 Å². The maximum atomic E-state index is 13.3. The molecule has 7 nitrogen and oxygen atoms in total. The smallest absolute Gasteiger partial charge is 0.259 e. The van der Waals surface area contributed by atoms with E-state index in [4.69, 9.17) is 0 Å². The average molecular weight is 399 g/mol. The number of carbonyl (C=O) groups excluding carboxylic acids is 2. The number of rotatable bonds is 3. The zero-order valence-corrected chi connectivity index (χ0v) is 16.3. The molecule has 0 saturated carbocycles. The molecule has 0 bridgehead atoms. The lowest BCUT2D eigenvalue weighted by atomic mass is 10.1. The van der Waals surface area contributed by atoms with Crippen LogP contribution in [0.1, 0.15) is 28.8 Å². The van der Waals surface area contributed by atoms with E-state index in [0.29, 0.717) is 30.0 Å². The topological polar surface area (TPSA) is 86.8 Å². The molecular weight excluding hydrogens is 378 g/mol. The third kappa shape index (κ3) is 3.18. The van der Waals surface area contributed by atoms with Crippen molar-refractivity contribution >= 4 is 33.2 Å². The Bertz CT molecular complexity index is 1060. The van der Waals surface area contributed by atoms with Crippen molar-refractivity contribution in [3.8, 4) is 0 Å². The molecule has 28 heavy (non-hydrogen) atoms. The van der Waals surface area contributed by atoms with Gasteiger partial charge in [0, 0.05) is 18.7 Å². The van der Waals surface area contributed by atoms with Crippen molar-refractivity contribution < 1.29 is 18.0 Å². The molecule has 2 aliphatic rings. The molecule has 4 rings (SSSR count). The van der Waals surface area contributed by atoms with Gasteiger partial charge in [-0.1, -0.05) is 18.2 Å². The molecule has 1 saturated heterocycles. The molecule has 2 aromatic carbocycles. The van der Waals surface area contributed by atoms with Crippen molar-refractivity contribution in [2.75, 3.05) is 29.9 Å².